The summed E-state index contributed by atoms with van der Waals surface area (Å²) in [6, 6.07) is -5.82. The quantitative estimate of drug-likeness (QED) is 0.114. The van der Waals surface area contributed by atoms with Gasteiger partial charge in [-0.15, -0.1) is 0 Å². The molecule has 0 aliphatic carbocycles. The Bertz CT molecular complexity index is 785. The normalized spacial score (nSPS) is 14.3. The van der Waals surface area contributed by atoms with E-state index in [1.165, 1.54) is 0 Å². The second kappa shape index (κ2) is 13.6. The standard InChI is InChI=1S/C18H30N6O9/c1-7(2)14(24-15(29)8(19)5-13(27)28)17(31)22-9(3-4-11(20)25)16(30)23-10(18(32)33)6-12(21)26/h7-10,14H,3-6,19H2,1-2H3,(H2,20,25)(H2,21,26)(H,22,31)(H,23,30)(H,24,29)(H,27,28)(H,32,33). The number of carboxylic acids is 2. The molecule has 15 heteroatoms. The van der Waals surface area contributed by atoms with Gasteiger partial charge in [0, 0.05) is 6.42 Å². The van der Waals surface area contributed by atoms with Crippen molar-refractivity contribution < 1.29 is 43.8 Å². The van der Waals surface area contributed by atoms with Crippen molar-refractivity contribution in [1.82, 2.24) is 16.0 Å². The largest absolute Gasteiger partial charge is 0.481 e. The predicted octanol–water partition coefficient (Wildman–Crippen LogP) is -3.88. The molecule has 0 spiro atoms. The number of primary amides is 2. The molecule has 186 valence electrons. The summed E-state index contributed by atoms with van der Waals surface area (Å²) in [6.45, 7) is 3.11. The molecule has 33 heavy (non-hydrogen) atoms. The van der Waals surface area contributed by atoms with Gasteiger partial charge in [0.1, 0.15) is 18.1 Å². The Kier molecular flexibility index (Phi) is 12.1. The van der Waals surface area contributed by atoms with E-state index in [2.05, 4.69) is 10.6 Å². The Morgan fingerprint density at radius 2 is 1.30 bits per heavy atom. The highest BCUT2D eigenvalue weighted by Gasteiger charge is 2.32. The summed E-state index contributed by atoms with van der Waals surface area (Å²) in [5.41, 5.74) is 15.5. The number of carboxylic acid groups (broad SMARTS) is 2. The van der Waals surface area contributed by atoms with Crippen LogP contribution >= 0.6 is 0 Å². The first-order valence-corrected chi connectivity index (χ1v) is 9.83. The first-order chi connectivity index (χ1) is 15.1. The third kappa shape index (κ3) is 11.4. The number of hydrogen-bond donors (Lipinski definition) is 8. The number of carbonyl (C=O) groups is 7. The molecule has 4 unspecified atom stereocenters. The molecule has 0 aliphatic rings. The molecule has 0 heterocycles. The van der Waals surface area contributed by atoms with Crippen molar-refractivity contribution in [3.05, 3.63) is 0 Å². The lowest BCUT2D eigenvalue weighted by molar-refractivity contribution is -0.144. The van der Waals surface area contributed by atoms with Crippen LogP contribution < -0.4 is 33.2 Å². The zero-order valence-corrected chi connectivity index (χ0v) is 18.2. The first-order valence-electron chi connectivity index (χ1n) is 9.83. The molecular formula is C18H30N6O9. The zero-order valence-electron chi connectivity index (χ0n) is 18.2. The summed E-state index contributed by atoms with van der Waals surface area (Å²) in [5, 5.41) is 24.5. The van der Waals surface area contributed by atoms with E-state index in [9.17, 15) is 33.6 Å². The van der Waals surface area contributed by atoms with E-state index in [4.69, 9.17) is 27.4 Å². The second-order valence-electron chi connectivity index (χ2n) is 7.57. The average molecular weight is 474 g/mol. The monoisotopic (exact) mass is 474 g/mol. The summed E-state index contributed by atoms with van der Waals surface area (Å²) in [7, 11) is 0. The average Bonchev–Trinajstić information content (AvgIpc) is 2.66. The molecule has 0 saturated heterocycles. The number of carbonyl (C=O) groups excluding carboxylic acids is 5. The van der Waals surface area contributed by atoms with Gasteiger partial charge in [0.15, 0.2) is 0 Å². The molecule has 0 fully saturated rings. The molecule has 4 atom stereocenters. The van der Waals surface area contributed by atoms with E-state index < -0.39 is 84.4 Å². The third-order valence-corrected chi connectivity index (χ3v) is 4.31. The molecule has 0 aromatic heterocycles. The van der Waals surface area contributed by atoms with E-state index >= 15 is 0 Å². The minimum atomic E-state index is -1.68. The Balaban J connectivity index is 5.53. The summed E-state index contributed by atoms with van der Waals surface area (Å²) in [5.74, 6) is -8.05. The molecule has 0 aromatic rings. The maximum Gasteiger partial charge on any atom is 0.326 e. The van der Waals surface area contributed by atoms with Gasteiger partial charge in [-0.2, -0.15) is 0 Å². The fourth-order valence-electron chi connectivity index (χ4n) is 2.57. The van der Waals surface area contributed by atoms with Crippen molar-refractivity contribution in [3.63, 3.8) is 0 Å². The zero-order chi connectivity index (χ0) is 25.9. The first kappa shape index (κ1) is 29.2. The van der Waals surface area contributed by atoms with Crippen LogP contribution in [-0.2, 0) is 33.6 Å². The van der Waals surface area contributed by atoms with E-state index in [1.54, 1.807) is 13.8 Å². The van der Waals surface area contributed by atoms with Crippen LogP contribution in [-0.4, -0.2) is 75.9 Å². The molecule has 11 N–H and O–H groups in total. The van der Waals surface area contributed by atoms with Crippen LogP contribution in [0.4, 0.5) is 0 Å². The highest BCUT2D eigenvalue weighted by atomic mass is 16.4. The fraction of sp³-hybridized carbons (Fsp3) is 0.611. The van der Waals surface area contributed by atoms with Gasteiger partial charge in [-0.25, -0.2) is 4.79 Å². The highest BCUT2D eigenvalue weighted by Crippen LogP contribution is 2.06. The van der Waals surface area contributed by atoms with Crippen molar-refractivity contribution in [3.8, 4) is 0 Å². The van der Waals surface area contributed by atoms with Gasteiger partial charge in [-0.3, -0.25) is 28.8 Å². The molecule has 5 amide bonds. The van der Waals surface area contributed by atoms with Gasteiger partial charge in [0.2, 0.25) is 29.5 Å². The number of aliphatic carboxylic acids is 2. The Morgan fingerprint density at radius 3 is 1.73 bits per heavy atom. The maximum absolute atomic E-state index is 12.8. The van der Waals surface area contributed by atoms with Crippen molar-refractivity contribution in [2.24, 2.45) is 23.1 Å². The number of nitrogens with one attached hydrogen (secondary N) is 3. The van der Waals surface area contributed by atoms with Crippen molar-refractivity contribution in [1.29, 1.82) is 0 Å². The van der Waals surface area contributed by atoms with Gasteiger partial charge in [-0.05, 0) is 12.3 Å². The third-order valence-electron chi connectivity index (χ3n) is 4.31. The smallest absolute Gasteiger partial charge is 0.326 e. The predicted molar refractivity (Wildman–Crippen MR) is 111 cm³/mol. The molecule has 0 aromatic carbocycles. The molecule has 0 rings (SSSR count). The van der Waals surface area contributed by atoms with Crippen molar-refractivity contribution in [2.75, 3.05) is 0 Å². The Labute approximate surface area is 188 Å². The number of amides is 5. The summed E-state index contributed by atoms with van der Waals surface area (Å²) >= 11 is 0. The molecule has 0 aliphatic heterocycles. The second-order valence-corrected chi connectivity index (χ2v) is 7.57. The minimum absolute atomic E-state index is 0.312. The Morgan fingerprint density at radius 1 is 0.758 bits per heavy atom. The maximum atomic E-state index is 12.8. The van der Waals surface area contributed by atoms with Gasteiger partial charge in [0.05, 0.1) is 18.9 Å². The van der Waals surface area contributed by atoms with Gasteiger partial charge >= 0.3 is 11.9 Å². The SMILES string of the molecule is CC(C)C(NC(=O)C(N)CC(=O)O)C(=O)NC(CCC(N)=O)C(=O)NC(CC(N)=O)C(=O)O. The number of rotatable bonds is 15. The molecule has 0 bridgehead atoms. The van der Waals surface area contributed by atoms with Crippen molar-refractivity contribution in [2.45, 2.75) is 63.7 Å². The molecule has 0 radical (unpaired) electrons. The van der Waals surface area contributed by atoms with E-state index in [-0.39, 0.29) is 12.8 Å². The van der Waals surface area contributed by atoms with Gasteiger partial charge in [-0.1, -0.05) is 13.8 Å². The van der Waals surface area contributed by atoms with E-state index in [0.29, 0.717) is 0 Å². The highest BCUT2D eigenvalue weighted by molar-refractivity contribution is 5.95. The summed E-state index contributed by atoms with van der Waals surface area (Å²) < 4.78 is 0. The van der Waals surface area contributed by atoms with Crippen LogP contribution in [0.1, 0.15) is 39.5 Å². The lowest BCUT2D eigenvalue weighted by atomic mass is 10.0. The van der Waals surface area contributed by atoms with Crippen molar-refractivity contribution >= 4 is 41.5 Å². The summed E-state index contributed by atoms with van der Waals surface area (Å²) in [6.07, 6.45) is -2.07. The topological polar surface area (TPSA) is 274 Å². The van der Waals surface area contributed by atoms with Crippen LogP contribution in [0.3, 0.4) is 0 Å². The molecule has 15 nitrogen and oxygen atoms in total. The summed E-state index contributed by atoms with van der Waals surface area (Å²) in [4.78, 5) is 81.6. The van der Waals surface area contributed by atoms with Crippen LogP contribution in [0.25, 0.3) is 0 Å². The number of nitrogens with two attached hydrogens (primary N) is 3. The lowest BCUT2D eigenvalue weighted by Crippen LogP contribution is -2.58. The molecule has 0 saturated carbocycles. The van der Waals surface area contributed by atoms with Crippen LogP contribution in [0.5, 0.6) is 0 Å². The molecular weight excluding hydrogens is 444 g/mol. The Hall–Kier alpha value is -3.75. The van der Waals surface area contributed by atoms with E-state index in [1.807, 2.05) is 5.32 Å². The van der Waals surface area contributed by atoms with Gasteiger partial charge in [0.25, 0.3) is 0 Å². The van der Waals surface area contributed by atoms with Crippen LogP contribution in [0.2, 0.25) is 0 Å². The van der Waals surface area contributed by atoms with Crippen LogP contribution in [0, 0.1) is 5.92 Å². The van der Waals surface area contributed by atoms with E-state index in [0.717, 1.165) is 0 Å². The van der Waals surface area contributed by atoms with Crippen LogP contribution in [0.15, 0.2) is 0 Å². The van der Waals surface area contributed by atoms with Gasteiger partial charge < -0.3 is 43.4 Å². The minimum Gasteiger partial charge on any atom is -0.481 e. The fourth-order valence-corrected chi connectivity index (χ4v) is 2.57. The lowest BCUT2D eigenvalue weighted by Gasteiger charge is -2.26. The number of hydrogen-bond acceptors (Lipinski definition) is 8.